The fraction of sp³-hybridized carbons (Fsp3) is 0.750. The lowest BCUT2D eigenvalue weighted by atomic mass is 9.91. The number of rotatable bonds is 4. The van der Waals surface area contributed by atoms with E-state index in [1.807, 2.05) is 0 Å². The van der Waals surface area contributed by atoms with Crippen LogP contribution in [0, 0.1) is 10.1 Å². The van der Waals surface area contributed by atoms with Gasteiger partial charge in [0.05, 0.1) is 6.54 Å². The molecule has 1 spiro atoms. The summed E-state index contributed by atoms with van der Waals surface area (Å²) in [4.78, 5) is 31.4. The Kier molecular flexibility index (Phi) is 4.64. The van der Waals surface area contributed by atoms with Crippen LogP contribution in [0.15, 0.2) is 6.20 Å². The van der Waals surface area contributed by atoms with Crippen molar-refractivity contribution in [2.45, 2.75) is 25.0 Å². The summed E-state index contributed by atoms with van der Waals surface area (Å²) in [5.41, 5.74) is -0.291. The van der Waals surface area contributed by atoms with Crippen molar-refractivity contribution in [3.8, 4) is 6.01 Å². The molecule has 0 aromatic carbocycles. The second-order valence-electron chi connectivity index (χ2n) is 7.50. The first kappa shape index (κ1) is 18.0. The molecule has 11 heteroatoms. The molecule has 1 N–H and O–H groups in total. The summed E-state index contributed by atoms with van der Waals surface area (Å²) in [7, 11) is 0. The fourth-order valence-electron chi connectivity index (χ4n) is 4.09. The maximum absolute atomic E-state index is 11.0. The molecule has 0 unspecified atom stereocenters. The van der Waals surface area contributed by atoms with Crippen LogP contribution >= 0.6 is 0 Å². The summed E-state index contributed by atoms with van der Waals surface area (Å²) >= 11 is 0. The highest BCUT2D eigenvalue weighted by Gasteiger charge is 2.45. The van der Waals surface area contributed by atoms with Crippen molar-refractivity contribution in [1.82, 2.24) is 24.3 Å². The molecular formula is C16H24N6O5. The average Bonchev–Trinajstić information content (AvgIpc) is 3.18. The third kappa shape index (κ3) is 3.69. The van der Waals surface area contributed by atoms with Crippen LogP contribution in [0.25, 0.3) is 0 Å². The van der Waals surface area contributed by atoms with Crippen LogP contribution < -0.4 is 4.74 Å². The van der Waals surface area contributed by atoms with Gasteiger partial charge in [0, 0.05) is 70.2 Å². The molecule has 1 aromatic rings. The predicted octanol–water partition coefficient (Wildman–Crippen LogP) is 0.314. The van der Waals surface area contributed by atoms with E-state index < -0.39 is 11.0 Å². The number of likely N-dealkylation sites (tertiary alicyclic amines) is 1. The zero-order valence-corrected chi connectivity index (χ0v) is 15.1. The molecule has 0 saturated carbocycles. The largest absolute Gasteiger partial charge is 0.465 e. The van der Waals surface area contributed by atoms with Crippen LogP contribution in [0.3, 0.4) is 0 Å². The van der Waals surface area contributed by atoms with Gasteiger partial charge in [0.15, 0.2) is 0 Å². The Bertz CT molecular complexity index is 695. The molecule has 4 heterocycles. The van der Waals surface area contributed by atoms with Crippen molar-refractivity contribution in [1.29, 1.82) is 0 Å². The second kappa shape index (κ2) is 6.97. The third-order valence-electron chi connectivity index (χ3n) is 5.82. The van der Waals surface area contributed by atoms with Gasteiger partial charge in [-0.25, -0.2) is 4.79 Å². The summed E-state index contributed by atoms with van der Waals surface area (Å²) < 4.78 is 7.74. The number of aromatic nitrogens is 2. The number of piperazine rings is 1. The topological polar surface area (TPSA) is 117 Å². The van der Waals surface area contributed by atoms with Gasteiger partial charge >= 0.3 is 17.9 Å². The molecule has 1 aromatic heterocycles. The Labute approximate surface area is 156 Å². The number of carbonyl (C=O) groups is 1. The molecule has 0 aliphatic carbocycles. The second-order valence-corrected chi connectivity index (χ2v) is 7.50. The minimum absolute atomic E-state index is 0.166. The summed E-state index contributed by atoms with van der Waals surface area (Å²) in [6.45, 7) is 7.07. The van der Waals surface area contributed by atoms with E-state index in [9.17, 15) is 14.9 Å². The maximum atomic E-state index is 11.0. The Hall–Kier alpha value is -2.40. The van der Waals surface area contributed by atoms with E-state index in [0.717, 1.165) is 52.1 Å². The highest BCUT2D eigenvalue weighted by atomic mass is 16.6. The normalized spacial score (nSPS) is 22.6. The van der Waals surface area contributed by atoms with E-state index in [1.165, 1.54) is 11.1 Å². The Morgan fingerprint density at radius 3 is 2.37 bits per heavy atom. The average molecular weight is 380 g/mol. The Morgan fingerprint density at radius 1 is 1.19 bits per heavy atom. The molecule has 2 saturated heterocycles. The lowest BCUT2D eigenvalue weighted by molar-refractivity contribution is -0.389. The first-order valence-electron chi connectivity index (χ1n) is 9.27. The van der Waals surface area contributed by atoms with E-state index in [4.69, 9.17) is 9.84 Å². The number of nitrogens with zero attached hydrogens (tertiary/aromatic N) is 6. The molecule has 0 bridgehead atoms. The molecular weight excluding hydrogens is 356 g/mol. The highest BCUT2D eigenvalue weighted by Crippen LogP contribution is 2.37. The summed E-state index contributed by atoms with van der Waals surface area (Å²) in [6, 6.07) is 0.353. The zero-order valence-electron chi connectivity index (χ0n) is 15.1. The number of hydrogen-bond donors (Lipinski definition) is 1. The van der Waals surface area contributed by atoms with Crippen LogP contribution in [-0.2, 0) is 6.54 Å². The number of ether oxygens (including phenoxy) is 1. The van der Waals surface area contributed by atoms with Gasteiger partial charge in [-0.3, -0.25) is 9.47 Å². The smallest absolute Gasteiger partial charge is 0.415 e. The molecule has 0 radical (unpaired) electrons. The number of carboxylic acid groups (broad SMARTS) is 1. The Morgan fingerprint density at radius 2 is 1.81 bits per heavy atom. The minimum atomic E-state index is -0.835. The molecule has 3 aliphatic rings. The van der Waals surface area contributed by atoms with Crippen molar-refractivity contribution >= 4 is 11.9 Å². The van der Waals surface area contributed by atoms with Crippen LogP contribution in [0.5, 0.6) is 6.01 Å². The van der Waals surface area contributed by atoms with Gasteiger partial charge in [-0.05, 0) is 4.92 Å². The molecule has 27 heavy (non-hydrogen) atoms. The van der Waals surface area contributed by atoms with Gasteiger partial charge in [-0.2, -0.15) is 0 Å². The predicted molar refractivity (Wildman–Crippen MR) is 94.0 cm³/mol. The maximum Gasteiger partial charge on any atom is 0.415 e. The van der Waals surface area contributed by atoms with E-state index in [1.54, 1.807) is 4.57 Å². The monoisotopic (exact) mass is 380 g/mol. The highest BCUT2D eigenvalue weighted by molar-refractivity contribution is 5.65. The molecule has 0 atom stereocenters. The first-order chi connectivity index (χ1) is 12.9. The number of hydrogen-bond acceptors (Lipinski definition) is 7. The lowest BCUT2D eigenvalue weighted by Crippen LogP contribution is -2.52. The lowest BCUT2D eigenvalue weighted by Gasteiger charge is -2.39. The number of imidazole rings is 1. The first-order valence-corrected chi connectivity index (χ1v) is 9.27. The quantitative estimate of drug-likeness (QED) is 0.586. The number of piperidine rings is 1. The molecule has 4 rings (SSSR count). The molecule has 148 valence electrons. The summed E-state index contributed by atoms with van der Waals surface area (Å²) in [5.74, 6) is -0.166. The van der Waals surface area contributed by atoms with Gasteiger partial charge in [0.25, 0.3) is 0 Å². The van der Waals surface area contributed by atoms with Crippen molar-refractivity contribution in [2.75, 3.05) is 52.4 Å². The van der Waals surface area contributed by atoms with Crippen LogP contribution in [0.4, 0.5) is 10.6 Å². The van der Waals surface area contributed by atoms with Gasteiger partial charge in [-0.15, -0.1) is 0 Å². The van der Waals surface area contributed by atoms with E-state index in [2.05, 4.69) is 14.8 Å². The van der Waals surface area contributed by atoms with E-state index >= 15 is 0 Å². The zero-order chi connectivity index (χ0) is 19.0. The SMILES string of the molecule is O=C(O)N1CCN(CCN2CCC3(CC2)Cn2cc([N+](=O)[O-])nc2O3)CC1. The van der Waals surface area contributed by atoms with Crippen LogP contribution in [0.2, 0.25) is 0 Å². The third-order valence-corrected chi connectivity index (χ3v) is 5.82. The number of nitro groups is 1. The molecule has 1 amide bonds. The van der Waals surface area contributed by atoms with Crippen LogP contribution in [-0.4, -0.2) is 98.3 Å². The molecule has 2 fully saturated rings. The fourth-order valence-corrected chi connectivity index (χ4v) is 4.09. The number of amides is 1. The van der Waals surface area contributed by atoms with Crippen LogP contribution in [0.1, 0.15) is 12.8 Å². The van der Waals surface area contributed by atoms with E-state index in [-0.39, 0.29) is 11.4 Å². The van der Waals surface area contributed by atoms with Gasteiger partial charge in [-0.1, -0.05) is 0 Å². The van der Waals surface area contributed by atoms with Gasteiger partial charge < -0.3 is 29.8 Å². The number of fused-ring (bicyclic) bond motifs is 1. The van der Waals surface area contributed by atoms with Gasteiger partial charge in [0.2, 0.25) is 0 Å². The minimum Gasteiger partial charge on any atom is -0.465 e. The molecule has 11 nitrogen and oxygen atoms in total. The van der Waals surface area contributed by atoms with Crippen molar-refractivity contribution in [2.24, 2.45) is 0 Å². The molecule has 3 aliphatic heterocycles. The van der Waals surface area contributed by atoms with Crippen molar-refractivity contribution < 1.29 is 19.6 Å². The summed E-state index contributed by atoms with van der Waals surface area (Å²) in [5, 5.41) is 19.8. The van der Waals surface area contributed by atoms with Crippen molar-refractivity contribution in [3.63, 3.8) is 0 Å². The van der Waals surface area contributed by atoms with E-state index in [0.29, 0.717) is 25.6 Å². The van der Waals surface area contributed by atoms with Crippen molar-refractivity contribution in [3.05, 3.63) is 16.3 Å². The summed E-state index contributed by atoms with van der Waals surface area (Å²) in [6.07, 6.45) is 2.36. The standard InChI is InChI=1S/C16H24N6O5/c23-15(24)20-9-7-19(8-10-20)6-5-18-3-1-16(2-4-18)12-21-11-13(22(25)26)17-14(21)27-16/h11H,1-10,12H2,(H,23,24). The van der Waals surface area contributed by atoms with Gasteiger partial charge in [0.1, 0.15) is 11.8 Å². The Balaban J connectivity index is 1.21.